The maximum absolute atomic E-state index is 5.90. The number of nitrogens with zero attached hydrogens (tertiary/aromatic N) is 1. The van der Waals surface area contributed by atoms with Crippen LogP contribution in [0.3, 0.4) is 0 Å². The average molecular weight is 261 g/mol. The molecule has 2 atom stereocenters. The number of rotatable bonds is 4. The van der Waals surface area contributed by atoms with Crippen molar-refractivity contribution < 1.29 is 4.74 Å². The summed E-state index contributed by atoms with van der Waals surface area (Å²) in [5.74, 6) is 2.01. The molecule has 0 spiro atoms. The van der Waals surface area contributed by atoms with Gasteiger partial charge in [0.05, 0.1) is 12.1 Å². The van der Waals surface area contributed by atoms with Crippen LogP contribution in [0.4, 0.5) is 5.69 Å². The van der Waals surface area contributed by atoms with Crippen LogP contribution in [0, 0.1) is 5.92 Å². The molecule has 0 aliphatic heterocycles. The van der Waals surface area contributed by atoms with E-state index in [1.165, 1.54) is 6.42 Å². The van der Waals surface area contributed by atoms with E-state index in [4.69, 9.17) is 10.5 Å². The van der Waals surface area contributed by atoms with Crippen LogP contribution >= 0.6 is 0 Å². The quantitative estimate of drug-likeness (QED) is 0.647. The van der Waals surface area contributed by atoms with Crippen LogP contribution < -0.4 is 15.8 Å². The first-order valence-corrected chi connectivity index (χ1v) is 6.91. The molecule has 0 bridgehead atoms. The molecule has 104 valence electrons. The first-order valence-electron chi connectivity index (χ1n) is 6.91. The number of nitrogens with two attached hydrogens (primary N) is 1. The molecule has 0 amide bonds. The van der Waals surface area contributed by atoms with Crippen LogP contribution in [0.1, 0.15) is 33.6 Å². The Hall–Kier alpha value is -1.71. The summed E-state index contributed by atoms with van der Waals surface area (Å²) in [5.41, 5.74) is 6.84. The van der Waals surface area contributed by atoms with Gasteiger partial charge in [-0.25, -0.2) is 4.99 Å². The number of aliphatic imine (C=N–C) groups is 1. The Bertz CT molecular complexity index is 439. The third-order valence-electron chi connectivity index (χ3n) is 3.38. The maximum Gasteiger partial charge on any atom is 0.193 e. The molecule has 1 saturated carbocycles. The van der Waals surface area contributed by atoms with Crippen molar-refractivity contribution in [1.29, 1.82) is 0 Å². The smallest absolute Gasteiger partial charge is 0.193 e. The topological polar surface area (TPSA) is 59.6 Å². The third-order valence-corrected chi connectivity index (χ3v) is 3.38. The van der Waals surface area contributed by atoms with Gasteiger partial charge in [0.25, 0.3) is 0 Å². The van der Waals surface area contributed by atoms with Crippen molar-refractivity contribution in [2.75, 3.05) is 5.32 Å². The van der Waals surface area contributed by atoms with Gasteiger partial charge < -0.3 is 15.8 Å². The highest BCUT2D eigenvalue weighted by atomic mass is 16.5. The lowest BCUT2D eigenvalue weighted by Gasteiger charge is -2.30. The molecule has 2 rings (SSSR count). The second-order valence-corrected chi connectivity index (χ2v) is 5.45. The van der Waals surface area contributed by atoms with Crippen molar-refractivity contribution in [3.63, 3.8) is 0 Å². The van der Waals surface area contributed by atoms with Crippen LogP contribution in [0.25, 0.3) is 0 Å². The van der Waals surface area contributed by atoms with Crippen LogP contribution in [0.15, 0.2) is 29.3 Å². The number of hydrogen-bond acceptors (Lipinski definition) is 2. The molecular weight excluding hydrogens is 238 g/mol. The summed E-state index contributed by atoms with van der Waals surface area (Å²) >= 11 is 0. The van der Waals surface area contributed by atoms with E-state index in [2.05, 4.69) is 17.2 Å². The normalized spacial score (nSPS) is 23.1. The second kappa shape index (κ2) is 5.95. The lowest BCUT2D eigenvalue weighted by molar-refractivity contribution is 0.242. The summed E-state index contributed by atoms with van der Waals surface area (Å²) in [6.45, 7) is 6.23. The van der Waals surface area contributed by atoms with E-state index in [0.717, 1.165) is 17.9 Å². The van der Waals surface area contributed by atoms with Crippen molar-refractivity contribution >= 4 is 11.6 Å². The Morgan fingerprint density at radius 1 is 1.32 bits per heavy atom. The molecule has 1 aromatic carbocycles. The zero-order valence-corrected chi connectivity index (χ0v) is 11.9. The van der Waals surface area contributed by atoms with Crippen LogP contribution in [0.2, 0.25) is 0 Å². The van der Waals surface area contributed by atoms with E-state index in [0.29, 0.717) is 17.9 Å². The summed E-state index contributed by atoms with van der Waals surface area (Å²) in [6, 6.07) is 8.15. The van der Waals surface area contributed by atoms with E-state index < -0.39 is 0 Å². The zero-order valence-electron chi connectivity index (χ0n) is 11.9. The molecule has 1 fully saturated rings. The molecule has 0 aromatic heterocycles. The fourth-order valence-corrected chi connectivity index (χ4v) is 2.09. The minimum atomic E-state index is 0.186. The van der Waals surface area contributed by atoms with E-state index >= 15 is 0 Å². The predicted octanol–water partition coefficient (Wildman–Crippen LogP) is 3.00. The van der Waals surface area contributed by atoms with Crippen LogP contribution in [0.5, 0.6) is 5.75 Å². The van der Waals surface area contributed by atoms with Gasteiger partial charge in [-0.1, -0.05) is 6.92 Å². The number of benzene rings is 1. The summed E-state index contributed by atoms with van der Waals surface area (Å²) in [7, 11) is 0. The SMILES string of the molecule is CC(C)Oc1ccc(NC(N)=NC2CCC2C)cc1. The van der Waals surface area contributed by atoms with Gasteiger partial charge in [0.2, 0.25) is 0 Å². The Morgan fingerprint density at radius 3 is 2.47 bits per heavy atom. The summed E-state index contributed by atoms with van der Waals surface area (Å²) in [6.07, 6.45) is 2.58. The molecule has 0 heterocycles. The molecule has 2 unspecified atom stereocenters. The molecule has 1 aromatic rings. The Labute approximate surface area is 115 Å². The molecule has 0 radical (unpaired) electrons. The molecule has 19 heavy (non-hydrogen) atoms. The van der Waals surface area contributed by atoms with E-state index in [1.807, 2.05) is 38.1 Å². The van der Waals surface area contributed by atoms with E-state index in [9.17, 15) is 0 Å². The average Bonchev–Trinajstić information content (AvgIpc) is 2.36. The second-order valence-electron chi connectivity index (χ2n) is 5.45. The van der Waals surface area contributed by atoms with Crippen LogP contribution in [-0.2, 0) is 0 Å². The summed E-state index contributed by atoms with van der Waals surface area (Å²) in [4.78, 5) is 4.48. The van der Waals surface area contributed by atoms with Gasteiger partial charge in [0.15, 0.2) is 5.96 Å². The summed E-state index contributed by atoms with van der Waals surface area (Å²) in [5, 5.41) is 3.11. The monoisotopic (exact) mass is 261 g/mol. The Balaban J connectivity index is 1.91. The predicted molar refractivity (Wildman–Crippen MR) is 79.6 cm³/mol. The van der Waals surface area contributed by atoms with Gasteiger partial charge in [-0.2, -0.15) is 0 Å². The number of hydrogen-bond donors (Lipinski definition) is 2. The lowest BCUT2D eigenvalue weighted by atomic mass is 9.82. The number of guanidine groups is 1. The van der Waals surface area contributed by atoms with Crippen molar-refractivity contribution in [3.05, 3.63) is 24.3 Å². The lowest BCUT2D eigenvalue weighted by Crippen LogP contribution is -2.32. The van der Waals surface area contributed by atoms with E-state index in [1.54, 1.807) is 0 Å². The van der Waals surface area contributed by atoms with E-state index in [-0.39, 0.29) is 6.10 Å². The van der Waals surface area contributed by atoms with Crippen LogP contribution in [-0.4, -0.2) is 18.1 Å². The fraction of sp³-hybridized carbons (Fsp3) is 0.533. The Morgan fingerprint density at radius 2 is 2.00 bits per heavy atom. The van der Waals surface area contributed by atoms with Gasteiger partial charge in [0.1, 0.15) is 5.75 Å². The zero-order chi connectivity index (χ0) is 13.8. The fourth-order valence-electron chi connectivity index (χ4n) is 2.09. The van der Waals surface area contributed by atoms with Crippen molar-refractivity contribution in [2.45, 2.75) is 45.8 Å². The standard InChI is InChI=1S/C15H23N3O/c1-10(2)19-13-7-5-12(6-8-13)17-15(16)18-14-9-4-11(14)3/h5-8,10-11,14H,4,9H2,1-3H3,(H3,16,17,18). The molecule has 4 nitrogen and oxygen atoms in total. The van der Waals surface area contributed by atoms with Gasteiger partial charge in [-0.15, -0.1) is 0 Å². The highest BCUT2D eigenvalue weighted by molar-refractivity contribution is 5.92. The molecule has 4 heteroatoms. The molecule has 1 aliphatic rings. The third kappa shape index (κ3) is 3.88. The van der Waals surface area contributed by atoms with Crippen molar-refractivity contribution in [2.24, 2.45) is 16.6 Å². The minimum absolute atomic E-state index is 0.186. The number of nitrogens with one attached hydrogen (secondary N) is 1. The van der Waals surface area contributed by atoms with Gasteiger partial charge >= 0.3 is 0 Å². The van der Waals surface area contributed by atoms with Gasteiger partial charge in [-0.3, -0.25) is 0 Å². The number of anilines is 1. The highest BCUT2D eigenvalue weighted by Crippen LogP contribution is 2.29. The maximum atomic E-state index is 5.90. The Kier molecular flexibility index (Phi) is 4.30. The molecule has 1 aliphatic carbocycles. The van der Waals surface area contributed by atoms with Gasteiger partial charge in [0, 0.05) is 5.69 Å². The minimum Gasteiger partial charge on any atom is -0.491 e. The largest absolute Gasteiger partial charge is 0.491 e. The van der Waals surface area contributed by atoms with Crippen molar-refractivity contribution in [1.82, 2.24) is 0 Å². The van der Waals surface area contributed by atoms with Crippen molar-refractivity contribution in [3.8, 4) is 5.75 Å². The van der Waals surface area contributed by atoms with Gasteiger partial charge in [-0.05, 0) is 56.9 Å². The first kappa shape index (κ1) is 13.7. The summed E-state index contributed by atoms with van der Waals surface area (Å²) < 4.78 is 5.59. The number of ether oxygens (including phenoxy) is 1. The highest BCUT2D eigenvalue weighted by Gasteiger charge is 2.26. The molecule has 0 saturated heterocycles. The molecular formula is C15H23N3O. The molecule has 3 N–H and O–H groups in total. The first-order chi connectivity index (χ1) is 9.04.